The van der Waals surface area contributed by atoms with Crippen LogP contribution in [0.15, 0.2) is 33.9 Å². The Kier molecular flexibility index (Phi) is 3.29. The summed E-state index contributed by atoms with van der Waals surface area (Å²) in [4.78, 5) is 0. The summed E-state index contributed by atoms with van der Waals surface area (Å²) in [5.41, 5.74) is 2.28. The lowest BCUT2D eigenvalue weighted by Crippen LogP contribution is -1.86. The van der Waals surface area contributed by atoms with Gasteiger partial charge in [-0.3, -0.25) is 0 Å². The van der Waals surface area contributed by atoms with Crippen molar-refractivity contribution in [2.75, 3.05) is 6.26 Å². The quantitative estimate of drug-likeness (QED) is 0.761. The van der Waals surface area contributed by atoms with Crippen LogP contribution in [0, 0.1) is 0 Å². The highest BCUT2D eigenvalue weighted by Crippen LogP contribution is 2.23. The summed E-state index contributed by atoms with van der Waals surface area (Å²) in [6.45, 7) is 4.35. The van der Waals surface area contributed by atoms with Crippen LogP contribution >= 0.6 is 11.8 Å². The summed E-state index contributed by atoms with van der Waals surface area (Å²) in [6.07, 6.45) is 1.92. The molecule has 0 unspecified atom stereocenters. The van der Waals surface area contributed by atoms with E-state index in [9.17, 15) is 0 Å². The first-order valence-electron chi connectivity index (χ1n) is 5.18. The smallest absolute Gasteiger partial charge is 0.276 e. The Morgan fingerprint density at radius 3 is 2.31 bits per heavy atom. The molecule has 4 heteroatoms. The second-order valence-electron chi connectivity index (χ2n) is 3.85. The van der Waals surface area contributed by atoms with Gasteiger partial charge in [-0.15, -0.1) is 10.2 Å². The van der Waals surface area contributed by atoms with Gasteiger partial charge in [0.05, 0.1) is 0 Å². The molecule has 0 aliphatic carbocycles. The molecule has 3 nitrogen and oxygen atoms in total. The molecule has 0 bridgehead atoms. The topological polar surface area (TPSA) is 38.9 Å². The normalized spacial score (nSPS) is 11.0. The zero-order valence-corrected chi connectivity index (χ0v) is 10.4. The highest BCUT2D eigenvalue weighted by molar-refractivity contribution is 7.98. The van der Waals surface area contributed by atoms with E-state index in [0.717, 1.165) is 5.56 Å². The minimum atomic E-state index is 0.540. The van der Waals surface area contributed by atoms with Gasteiger partial charge in [0.25, 0.3) is 5.22 Å². The largest absolute Gasteiger partial charge is 0.411 e. The van der Waals surface area contributed by atoms with E-state index >= 15 is 0 Å². The molecule has 1 heterocycles. The first kappa shape index (κ1) is 11.2. The molecule has 0 aliphatic heterocycles. The van der Waals surface area contributed by atoms with Gasteiger partial charge in [0.1, 0.15) is 0 Å². The number of thioether (sulfide) groups is 1. The van der Waals surface area contributed by atoms with E-state index in [-0.39, 0.29) is 0 Å². The highest BCUT2D eigenvalue weighted by atomic mass is 32.2. The molecule has 0 amide bonds. The molecule has 1 aromatic heterocycles. The molecule has 2 aromatic rings. The predicted octanol–water partition coefficient (Wildman–Crippen LogP) is 3.58. The lowest BCUT2D eigenvalue weighted by atomic mass is 10.0. The summed E-state index contributed by atoms with van der Waals surface area (Å²) < 4.78 is 5.46. The van der Waals surface area contributed by atoms with Crippen LogP contribution in [0.25, 0.3) is 11.5 Å². The third kappa shape index (κ3) is 2.27. The number of benzene rings is 1. The van der Waals surface area contributed by atoms with Crippen LogP contribution in [0.3, 0.4) is 0 Å². The molecule has 0 fully saturated rings. The molecule has 0 atom stereocenters. The molecule has 1 aromatic carbocycles. The number of nitrogens with zero attached hydrogens (tertiary/aromatic N) is 2. The molecule has 84 valence electrons. The average Bonchev–Trinajstić information content (AvgIpc) is 2.77. The minimum Gasteiger partial charge on any atom is -0.411 e. The molecule has 0 radical (unpaired) electrons. The van der Waals surface area contributed by atoms with Crippen LogP contribution in [0.4, 0.5) is 0 Å². The highest BCUT2D eigenvalue weighted by Gasteiger charge is 2.07. The molecule has 0 N–H and O–H groups in total. The standard InChI is InChI=1S/C12H14N2OS/c1-8(2)9-4-6-10(7-5-9)11-13-14-12(15-11)16-3/h4-8H,1-3H3. The van der Waals surface area contributed by atoms with E-state index in [1.54, 1.807) is 0 Å². The van der Waals surface area contributed by atoms with Crippen molar-refractivity contribution in [2.45, 2.75) is 25.0 Å². The van der Waals surface area contributed by atoms with E-state index in [1.807, 2.05) is 18.4 Å². The second kappa shape index (κ2) is 4.70. The van der Waals surface area contributed by atoms with E-state index in [4.69, 9.17) is 4.42 Å². The van der Waals surface area contributed by atoms with E-state index in [2.05, 4.69) is 36.2 Å². The Hall–Kier alpha value is -1.29. The third-order valence-electron chi connectivity index (χ3n) is 2.41. The van der Waals surface area contributed by atoms with E-state index < -0.39 is 0 Å². The molecular formula is C12H14N2OS. The van der Waals surface area contributed by atoms with Crippen molar-refractivity contribution in [1.82, 2.24) is 10.2 Å². The predicted molar refractivity (Wildman–Crippen MR) is 65.6 cm³/mol. The molecule has 16 heavy (non-hydrogen) atoms. The van der Waals surface area contributed by atoms with Gasteiger partial charge >= 0.3 is 0 Å². The summed E-state index contributed by atoms with van der Waals surface area (Å²) in [7, 11) is 0. The summed E-state index contributed by atoms with van der Waals surface area (Å²) in [6, 6.07) is 8.24. The number of hydrogen-bond donors (Lipinski definition) is 0. The molecule has 0 saturated heterocycles. The number of hydrogen-bond acceptors (Lipinski definition) is 4. The molecule has 0 saturated carbocycles. The lowest BCUT2D eigenvalue weighted by molar-refractivity contribution is 0.466. The van der Waals surface area contributed by atoms with Crippen LogP contribution in [-0.4, -0.2) is 16.5 Å². The van der Waals surface area contributed by atoms with Crippen LogP contribution in [0.5, 0.6) is 0 Å². The van der Waals surface area contributed by atoms with Crippen LogP contribution in [-0.2, 0) is 0 Å². The number of rotatable bonds is 3. The van der Waals surface area contributed by atoms with Crippen molar-refractivity contribution < 1.29 is 4.42 Å². The summed E-state index contributed by atoms with van der Waals surface area (Å²) in [5, 5.41) is 8.51. The minimum absolute atomic E-state index is 0.540. The van der Waals surface area contributed by atoms with Crippen LogP contribution < -0.4 is 0 Å². The van der Waals surface area contributed by atoms with Crippen molar-refractivity contribution >= 4 is 11.8 Å². The second-order valence-corrected chi connectivity index (χ2v) is 4.61. The summed E-state index contributed by atoms with van der Waals surface area (Å²) in [5.74, 6) is 1.12. The van der Waals surface area contributed by atoms with E-state index in [1.165, 1.54) is 17.3 Å². The van der Waals surface area contributed by atoms with Crippen molar-refractivity contribution in [3.63, 3.8) is 0 Å². The van der Waals surface area contributed by atoms with Gasteiger partial charge in [0, 0.05) is 5.56 Å². The zero-order valence-electron chi connectivity index (χ0n) is 9.60. The monoisotopic (exact) mass is 234 g/mol. The van der Waals surface area contributed by atoms with Crippen LogP contribution in [0.1, 0.15) is 25.3 Å². The fourth-order valence-corrected chi connectivity index (χ4v) is 1.70. The Bertz CT molecular complexity index is 462. The van der Waals surface area contributed by atoms with Gasteiger partial charge in [-0.2, -0.15) is 0 Å². The summed E-state index contributed by atoms with van der Waals surface area (Å²) >= 11 is 1.45. The van der Waals surface area contributed by atoms with Gasteiger partial charge in [0.15, 0.2) is 0 Å². The van der Waals surface area contributed by atoms with Crippen molar-refractivity contribution in [1.29, 1.82) is 0 Å². The Labute approximate surface area is 99.3 Å². The molecule has 0 spiro atoms. The van der Waals surface area contributed by atoms with Crippen molar-refractivity contribution in [2.24, 2.45) is 0 Å². The molecule has 0 aliphatic rings. The van der Waals surface area contributed by atoms with Crippen molar-refractivity contribution in [3.05, 3.63) is 29.8 Å². The fraction of sp³-hybridized carbons (Fsp3) is 0.333. The first-order valence-corrected chi connectivity index (χ1v) is 6.41. The van der Waals surface area contributed by atoms with Gasteiger partial charge < -0.3 is 4.42 Å². The van der Waals surface area contributed by atoms with Gasteiger partial charge in [-0.25, -0.2) is 0 Å². The maximum atomic E-state index is 5.46. The maximum Gasteiger partial charge on any atom is 0.276 e. The van der Waals surface area contributed by atoms with Crippen molar-refractivity contribution in [3.8, 4) is 11.5 Å². The Morgan fingerprint density at radius 1 is 1.12 bits per heavy atom. The molecule has 2 rings (SSSR count). The van der Waals surface area contributed by atoms with Gasteiger partial charge in [-0.1, -0.05) is 37.7 Å². The Morgan fingerprint density at radius 2 is 1.81 bits per heavy atom. The van der Waals surface area contributed by atoms with Gasteiger partial charge in [0.2, 0.25) is 5.89 Å². The Balaban J connectivity index is 2.27. The maximum absolute atomic E-state index is 5.46. The average molecular weight is 234 g/mol. The first-order chi connectivity index (χ1) is 7.70. The SMILES string of the molecule is CSc1nnc(-c2ccc(C(C)C)cc2)o1. The van der Waals surface area contributed by atoms with E-state index in [0.29, 0.717) is 17.0 Å². The molecular weight excluding hydrogens is 220 g/mol. The third-order valence-corrected chi connectivity index (χ3v) is 2.92. The van der Waals surface area contributed by atoms with Crippen LogP contribution in [0.2, 0.25) is 0 Å². The fourth-order valence-electron chi connectivity index (χ4n) is 1.42. The zero-order chi connectivity index (χ0) is 11.5. The number of aromatic nitrogens is 2. The van der Waals surface area contributed by atoms with Gasteiger partial charge in [-0.05, 0) is 29.9 Å². The lowest BCUT2D eigenvalue weighted by Gasteiger charge is -2.04.